The summed E-state index contributed by atoms with van der Waals surface area (Å²) in [5.74, 6) is -2.09. The predicted molar refractivity (Wildman–Crippen MR) is 113 cm³/mol. The summed E-state index contributed by atoms with van der Waals surface area (Å²) in [7, 11) is 0. The Morgan fingerprint density at radius 1 is 1.14 bits per heavy atom. The second-order valence-electron chi connectivity index (χ2n) is 6.62. The van der Waals surface area contributed by atoms with E-state index in [1.807, 2.05) is 6.92 Å². The maximum absolute atomic E-state index is 12.3. The molecule has 0 bridgehead atoms. The first kappa shape index (κ1) is 21.4. The molecule has 1 fully saturated rings. The highest BCUT2D eigenvalue weighted by molar-refractivity contribution is 6.36. The van der Waals surface area contributed by atoms with Gasteiger partial charge in [-0.25, -0.2) is 0 Å². The van der Waals surface area contributed by atoms with Crippen LogP contribution in [0.3, 0.4) is 0 Å². The molecule has 0 radical (unpaired) electrons. The van der Waals surface area contributed by atoms with E-state index in [9.17, 15) is 14.4 Å². The molecular weight excluding hydrogens is 439 g/mol. The lowest BCUT2D eigenvalue weighted by Gasteiger charge is -2.18. The molecule has 1 aliphatic heterocycles. The van der Waals surface area contributed by atoms with Crippen molar-refractivity contribution in [3.8, 4) is 0 Å². The van der Waals surface area contributed by atoms with E-state index >= 15 is 0 Å². The van der Waals surface area contributed by atoms with Crippen molar-refractivity contribution in [3.63, 3.8) is 0 Å². The van der Waals surface area contributed by atoms with E-state index in [1.54, 1.807) is 36.4 Å². The summed E-state index contributed by atoms with van der Waals surface area (Å²) in [4.78, 5) is 38.1. The monoisotopic (exact) mass is 454 g/mol. The van der Waals surface area contributed by atoms with Crippen molar-refractivity contribution in [3.05, 3.63) is 57.0 Å². The van der Waals surface area contributed by atoms with Crippen LogP contribution in [0.5, 0.6) is 0 Å². The Balaban J connectivity index is 1.57. The van der Waals surface area contributed by atoms with Crippen LogP contribution in [-0.4, -0.2) is 30.9 Å². The third-order valence-electron chi connectivity index (χ3n) is 4.48. The lowest BCUT2D eigenvalue weighted by atomic mass is 10.1. The highest BCUT2D eigenvalue weighted by atomic mass is 35.5. The van der Waals surface area contributed by atoms with Gasteiger partial charge in [-0.3, -0.25) is 14.4 Å². The molecule has 1 saturated heterocycles. The Labute approximate surface area is 182 Å². The number of ether oxygens (including phenoxy) is 1. The largest absolute Gasteiger partial charge is 0.455 e. The highest BCUT2D eigenvalue weighted by Gasteiger charge is 2.37. The van der Waals surface area contributed by atoms with E-state index in [2.05, 4.69) is 5.32 Å². The highest BCUT2D eigenvalue weighted by Crippen LogP contribution is 2.33. The average Bonchev–Trinajstić information content (AvgIpc) is 3.06. The fraction of sp³-hybridized carbons (Fsp3) is 0.250. The second-order valence-corrected chi connectivity index (χ2v) is 7.90. The minimum atomic E-state index is -0.696. The van der Waals surface area contributed by atoms with Crippen molar-refractivity contribution in [2.24, 2.45) is 5.92 Å². The zero-order valence-electron chi connectivity index (χ0n) is 15.4. The van der Waals surface area contributed by atoms with Crippen molar-refractivity contribution in [2.75, 3.05) is 23.4 Å². The van der Waals surface area contributed by atoms with Crippen LogP contribution >= 0.6 is 34.8 Å². The third-order valence-corrected chi connectivity index (χ3v) is 5.27. The van der Waals surface area contributed by atoms with Crippen LogP contribution in [0.25, 0.3) is 0 Å². The third kappa shape index (κ3) is 5.21. The number of carbonyl (C=O) groups is 3. The van der Waals surface area contributed by atoms with Gasteiger partial charge in [-0.05, 0) is 42.8 Å². The van der Waals surface area contributed by atoms with E-state index in [0.717, 1.165) is 5.56 Å². The van der Waals surface area contributed by atoms with Crippen molar-refractivity contribution in [2.45, 2.75) is 13.3 Å². The molecule has 0 saturated carbocycles. The molecule has 0 aliphatic carbocycles. The number of benzene rings is 2. The number of nitrogens with one attached hydrogen (secondary N) is 1. The number of amides is 2. The number of aryl methyl sites for hydroxylation is 1. The summed E-state index contributed by atoms with van der Waals surface area (Å²) in [5, 5.41) is 3.90. The van der Waals surface area contributed by atoms with Crippen LogP contribution in [0.1, 0.15) is 12.0 Å². The van der Waals surface area contributed by atoms with Gasteiger partial charge in [0.15, 0.2) is 6.61 Å². The first-order valence-electron chi connectivity index (χ1n) is 8.72. The van der Waals surface area contributed by atoms with Gasteiger partial charge in [0.05, 0.1) is 16.6 Å². The summed E-state index contributed by atoms with van der Waals surface area (Å²) < 4.78 is 5.09. The van der Waals surface area contributed by atoms with Crippen molar-refractivity contribution < 1.29 is 19.1 Å². The first-order valence-corrected chi connectivity index (χ1v) is 9.86. The lowest BCUT2D eigenvalue weighted by Crippen LogP contribution is -2.28. The summed E-state index contributed by atoms with van der Waals surface area (Å²) in [5.41, 5.74) is 1.80. The van der Waals surface area contributed by atoms with Gasteiger partial charge in [-0.15, -0.1) is 0 Å². The maximum atomic E-state index is 12.3. The first-order chi connectivity index (χ1) is 13.7. The van der Waals surface area contributed by atoms with Gasteiger partial charge in [0, 0.05) is 28.7 Å². The molecule has 6 nitrogen and oxygen atoms in total. The van der Waals surface area contributed by atoms with Gasteiger partial charge in [0.1, 0.15) is 0 Å². The number of hydrogen-bond donors (Lipinski definition) is 1. The van der Waals surface area contributed by atoms with Crippen LogP contribution < -0.4 is 10.2 Å². The lowest BCUT2D eigenvalue weighted by molar-refractivity contribution is -0.151. The van der Waals surface area contributed by atoms with Crippen molar-refractivity contribution in [1.82, 2.24) is 0 Å². The summed E-state index contributed by atoms with van der Waals surface area (Å²) in [6.07, 6.45) is -0.0311. The normalized spacial score (nSPS) is 16.1. The van der Waals surface area contributed by atoms with E-state index in [0.29, 0.717) is 26.4 Å². The zero-order valence-corrected chi connectivity index (χ0v) is 17.6. The Morgan fingerprint density at radius 2 is 1.83 bits per heavy atom. The number of anilines is 2. The van der Waals surface area contributed by atoms with Gasteiger partial charge >= 0.3 is 5.97 Å². The molecule has 0 spiro atoms. The quantitative estimate of drug-likeness (QED) is 0.674. The van der Waals surface area contributed by atoms with Crippen LogP contribution in [0.2, 0.25) is 15.1 Å². The molecule has 152 valence electrons. The number of nitrogens with zero attached hydrogens (tertiary/aromatic N) is 1. The molecule has 29 heavy (non-hydrogen) atoms. The Hall–Kier alpha value is -2.28. The Morgan fingerprint density at radius 3 is 2.59 bits per heavy atom. The molecule has 0 aromatic heterocycles. The van der Waals surface area contributed by atoms with Gasteiger partial charge < -0.3 is 15.0 Å². The van der Waals surface area contributed by atoms with Gasteiger partial charge in [-0.2, -0.15) is 0 Å². The van der Waals surface area contributed by atoms with Crippen LogP contribution in [0.15, 0.2) is 36.4 Å². The van der Waals surface area contributed by atoms with Crippen LogP contribution in [0, 0.1) is 12.8 Å². The standard InChI is InChI=1S/C20H17Cl3N2O4/c1-11-2-3-13(21)7-16(11)24-18(26)10-29-20(28)12-6-19(27)25(9-12)17-8-14(22)4-5-15(17)23/h2-5,7-8,12H,6,9-10H2,1H3,(H,24,26)/t12-/m1/s1. The molecule has 9 heteroatoms. The second kappa shape index (κ2) is 9.03. The molecule has 2 amide bonds. The summed E-state index contributed by atoms with van der Waals surface area (Å²) in [6.45, 7) is 1.46. The number of esters is 1. The van der Waals surface area contributed by atoms with Gasteiger partial charge in [0.25, 0.3) is 5.91 Å². The molecule has 2 aromatic carbocycles. The maximum Gasteiger partial charge on any atom is 0.311 e. The van der Waals surface area contributed by atoms with E-state index in [-0.39, 0.29) is 18.9 Å². The van der Waals surface area contributed by atoms with E-state index in [4.69, 9.17) is 39.5 Å². The number of carbonyl (C=O) groups excluding carboxylic acids is 3. The predicted octanol–water partition coefficient (Wildman–Crippen LogP) is 4.49. The molecule has 1 N–H and O–H groups in total. The van der Waals surface area contributed by atoms with Gasteiger partial charge in [-0.1, -0.05) is 40.9 Å². The smallest absolute Gasteiger partial charge is 0.311 e. The fourth-order valence-corrected chi connectivity index (χ4v) is 3.52. The molecule has 1 aliphatic rings. The molecule has 3 rings (SSSR count). The van der Waals surface area contributed by atoms with Crippen LogP contribution in [0.4, 0.5) is 11.4 Å². The van der Waals surface area contributed by atoms with Crippen molar-refractivity contribution in [1.29, 1.82) is 0 Å². The van der Waals surface area contributed by atoms with E-state index in [1.165, 1.54) is 4.90 Å². The number of halogens is 3. The van der Waals surface area contributed by atoms with Gasteiger partial charge in [0.2, 0.25) is 5.91 Å². The molecule has 1 heterocycles. The Kier molecular flexibility index (Phi) is 6.67. The molecule has 1 atom stereocenters. The number of hydrogen-bond acceptors (Lipinski definition) is 4. The average molecular weight is 456 g/mol. The number of rotatable bonds is 5. The topological polar surface area (TPSA) is 75.7 Å². The van der Waals surface area contributed by atoms with Crippen molar-refractivity contribution >= 4 is 64.0 Å². The Bertz CT molecular complexity index is 980. The van der Waals surface area contributed by atoms with Crippen LogP contribution in [-0.2, 0) is 19.1 Å². The minimum Gasteiger partial charge on any atom is -0.455 e. The molecular formula is C20H17Cl3N2O4. The summed E-state index contributed by atoms with van der Waals surface area (Å²) in [6, 6.07) is 9.85. The fourth-order valence-electron chi connectivity index (χ4n) is 2.96. The minimum absolute atomic E-state index is 0.0311. The zero-order chi connectivity index (χ0) is 21.1. The summed E-state index contributed by atoms with van der Waals surface area (Å²) >= 11 is 18.0. The SMILES string of the molecule is Cc1ccc(Cl)cc1NC(=O)COC(=O)[C@@H]1CC(=O)N(c2cc(Cl)ccc2Cl)C1. The molecule has 2 aromatic rings. The molecule has 0 unspecified atom stereocenters. The van der Waals surface area contributed by atoms with E-state index < -0.39 is 24.4 Å².